The lowest BCUT2D eigenvalue weighted by atomic mass is 9.65. The average molecular weight is 298 g/mol. The zero-order valence-electron chi connectivity index (χ0n) is 14.1. The number of anilines is 2. The van der Waals surface area contributed by atoms with E-state index in [1.807, 2.05) is 6.07 Å². The molecule has 3 heteroatoms. The quantitative estimate of drug-likeness (QED) is 0.658. The van der Waals surface area contributed by atoms with E-state index in [0.29, 0.717) is 0 Å². The summed E-state index contributed by atoms with van der Waals surface area (Å²) in [4.78, 5) is 0. The summed E-state index contributed by atoms with van der Waals surface area (Å²) in [5.41, 5.74) is 14.8. The molecule has 4 N–H and O–H groups in total. The Bertz CT molecular complexity index is 466. The SMILES string of the molecule is BC1CCC(C2CCC(Cc3cc(N)cc(N)c3)CC2)CC1. The van der Waals surface area contributed by atoms with E-state index in [1.54, 1.807) is 0 Å². The van der Waals surface area contributed by atoms with Gasteiger partial charge in [0.15, 0.2) is 0 Å². The third-order valence-electron chi connectivity index (χ3n) is 6.18. The van der Waals surface area contributed by atoms with E-state index in [4.69, 9.17) is 11.5 Å². The van der Waals surface area contributed by atoms with Crippen LogP contribution in [0.5, 0.6) is 0 Å². The largest absolute Gasteiger partial charge is 0.399 e. The minimum Gasteiger partial charge on any atom is -0.399 e. The van der Waals surface area contributed by atoms with Crippen molar-refractivity contribution in [1.82, 2.24) is 0 Å². The maximum atomic E-state index is 5.92. The summed E-state index contributed by atoms with van der Waals surface area (Å²) in [5, 5.41) is 0. The minimum absolute atomic E-state index is 0.806. The minimum atomic E-state index is 0.806. The predicted molar refractivity (Wildman–Crippen MR) is 98.7 cm³/mol. The Balaban J connectivity index is 1.49. The van der Waals surface area contributed by atoms with Crippen LogP contribution in [-0.4, -0.2) is 7.85 Å². The molecule has 120 valence electrons. The summed E-state index contributed by atoms with van der Waals surface area (Å²) in [6, 6.07) is 6.06. The molecule has 2 aliphatic rings. The van der Waals surface area contributed by atoms with Crippen molar-refractivity contribution in [3.63, 3.8) is 0 Å². The molecule has 2 fully saturated rings. The van der Waals surface area contributed by atoms with Gasteiger partial charge in [-0.25, -0.2) is 0 Å². The highest BCUT2D eigenvalue weighted by Crippen LogP contribution is 2.42. The van der Waals surface area contributed by atoms with Crippen LogP contribution in [0.25, 0.3) is 0 Å². The highest BCUT2D eigenvalue weighted by atomic mass is 14.6. The first kappa shape index (κ1) is 15.8. The van der Waals surface area contributed by atoms with Crippen LogP contribution in [0.4, 0.5) is 11.4 Å². The van der Waals surface area contributed by atoms with Crippen molar-refractivity contribution in [1.29, 1.82) is 0 Å². The number of nitrogen functional groups attached to an aromatic ring is 2. The molecule has 2 saturated carbocycles. The zero-order chi connectivity index (χ0) is 15.5. The van der Waals surface area contributed by atoms with Crippen molar-refractivity contribution in [2.75, 3.05) is 11.5 Å². The zero-order valence-corrected chi connectivity index (χ0v) is 14.1. The predicted octanol–water partition coefficient (Wildman–Crippen LogP) is 3.81. The molecular formula is C19H31BN2. The lowest BCUT2D eigenvalue weighted by molar-refractivity contribution is 0.167. The van der Waals surface area contributed by atoms with Crippen LogP contribution in [0.1, 0.15) is 56.9 Å². The molecular weight excluding hydrogens is 267 g/mol. The molecule has 2 nitrogen and oxygen atoms in total. The molecule has 0 radical (unpaired) electrons. The summed E-state index contributed by atoms with van der Waals surface area (Å²) in [7, 11) is 2.42. The molecule has 0 amide bonds. The first-order chi connectivity index (χ1) is 10.6. The van der Waals surface area contributed by atoms with Crippen LogP contribution < -0.4 is 11.5 Å². The molecule has 0 atom stereocenters. The van der Waals surface area contributed by atoms with Gasteiger partial charge < -0.3 is 11.5 Å². The number of hydrogen-bond acceptors (Lipinski definition) is 2. The lowest BCUT2D eigenvalue weighted by Crippen LogP contribution is -2.25. The van der Waals surface area contributed by atoms with E-state index in [1.165, 1.54) is 56.9 Å². The first-order valence-electron chi connectivity index (χ1n) is 9.25. The van der Waals surface area contributed by atoms with Gasteiger partial charge in [-0.1, -0.05) is 31.5 Å². The maximum absolute atomic E-state index is 5.92. The molecule has 0 heterocycles. The van der Waals surface area contributed by atoms with Crippen LogP contribution >= 0.6 is 0 Å². The number of benzene rings is 1. The second-order valence-corrected chi connectivity index (χ2v) is 8.01. The van der Waals surface area contributed by atoms with E-state index in [2.05, 4.69) is 20.0 Å². The Morgan fingerprint density at radius 1 is 0.773 bits per heavy atom. The molecule has 2 aliphatic carbocycles. The number of nitrogens with two attached hydrogens (primary N) is 2. The van der Waals surface area contributed by atoms with E-state index in [9.17, 15) is 0 Å². The molecule has 0 saturated heterocycles. The smallest absolute Gasteiger partial charge is 0.105 e. The molecule has 1 aromatic rings. The lowest BCUT2D eigenvalue weighted by Gasteiger charge is -2.37. The molecule has 1 aromatic carbocycles. The molecule has 3 rings (SSSR count). The normalized spacial score (nSPS) is 32.7. The highest BCUT2D eigenvalue weighted by molar-refractivity contribution is 6.11. The Kier molecular flexibility index (Phi) is 5.00. The Hall–Kier alpha value is -1.12. The summed E-state index contributed by atoms with van der Waals surface area (Å²) in [6.45, 7) is 0. The number of rotatable bonds is 3. The monoisotopic (exact) mass is 298 g/mol. The molecule has 0 spiro atoms. The summed E-state index contributed by atoms with van der Waals surface area (Å²) < 4.78 is 0. The average Bonchev–Trinajstić information content (AvgIpc) is 2.48. The summed E-state index contributed by atoms with van der Waals surface area (Å²) in [6.07, 6.45) is 12.7. The molecule has 0 unspecified atom stereocenters. The van der Waals surface area contributed by atoms with Gasteiger partial charge in [-0.3, -0.25) is 0 Å². The van der Waals surface area contributed by atoms with Gasteiger partial charge in [-0.15, -0.1) is 0 Å². The molecule has 0 aromatic heterocycles. The van der Waals surface area contributed by atoms with Crippen LogP contribution in [-0.2, 0) is 6.42 Å². The second-order valence-electron chi connectivity index (χ2n) is 8.01. The fourth-order valence-corrected chi connectivity index (χ4v) is 4.82. The molecule has 0 bridgehead atoms. The van der Waals surface area contributed by atoms with Gasteiger partial charge in [0.2, 0.25) is 0 Å². The van der Waals surface area contributed by atoms with Crippen LogP contribution in [0.15, 0.2) is 18.2 Å². The van der Waals surface area contributed by atoms with Gasteiger partial charge in [0.25, 0.3) is 0 Å². The first-order valence-corrected chi connectivity index (χ1v) is 9.25. The third-order valence-corrected chi connectivity index (χ3v) is 6.18. The van der Waals surface area contributed by atoms with Crippen molar-refractivity contribution in [2.45, 2.75) is 63.6 Å². The Labute approximate surface area is 136 Å². The van der Waals surface area contributed by atoms with Crippen molar-refractivity contribution in [2.24, 2.45) is 17.8 Å². The Morgan fingerprint density at radius 3 is 1.82 bits per heavy atom. The van der Waals surface area contributed by atoms with Crippen molar-refractivity contribution in [3.05, 3.63) is 23.8 Å². The Morgan fingerprint density at radius 2 is 1.27 bits per heavy atom. The van der Waals surface area contributed by atoms with Crippen molar-refractivity contribution in [3.8, 4) is 0 Å². The van der Waals surface area contributed by atoms with Gasteiger partial charge in [0.1, 0.15) is 7.85 Å². The standard InChI is InChI=1S/C19H31BN2/c20-17-7-5-16(6-8-17)15-3-1-13(2-4-15)9-14-10-18(21)12-19(22)11-14/h10-13,15-17H,1-9,20-22H2. The summed E-state index contributed by atoms with van der Waals surface area (Å²) >= 11 is 0. The topological polar surface area (TPSA) is 52.0 Å². The van der Waals surface area contributed by atoms with Gasteiger partial charge >= 0.3 is 0 Å². The third kappa shape index (κ3) is 4.00. The van der Waals surface area contributed by atoms with Crippen molar-refractivity contribution >= 4 is 19.2 Å². The van der Waals surface area contributed by atoms with E-state index in [0.717, 1.165) is 41.4 Å². The molecule has 0 aliphatic heterocycles. The fraction of sp³-hybridized carbons (Fsp3) is 0.684. The van der Waals surface area contributed by atoms with Gasteiger partial charge in [-0.2, -0.15) is 0 Å². The fourth-order valence-electron chi connectivity index (χ4n) is 4.82. The van der Waals surface area contributed by atoms with Crippen molar-refractivity contribution < 1.29 is 0 Å². The molecule has 22 heavy (non-hydrogen) atoms. The van der Waals surface area contributed by atoms with Crippen LogP contribution in [0.3, 0.4) is 0 Å². The summed E-state index contributed by atoms with van der Waals surface area (Å²) in [5.74, 6) is 3.84. The van der Waals surface area contributed by atoms with Gasteiger partial charge in [0.05, 0.1) is 0 Å². The van der Waals surface area contributed by atoms with E-state index < -0.39 is 0 Å². The number of hydrogen-bond donors (Lipinski definition) is 2. The van der Waals surface area contributed by atoms with Crippen LogP contribution in [0, 0.1) is 17.8 Å². The second kappa shape index (κ2) is 6.98. The van der Waals surface area contributed by atoms with E-state index >= 15 is 0 Å². The van der Waals surface area contributed by atoms with E-state index in [-0.39, 0.29) is 0 Å². The van der Waals surface area contributed by atoms with Gasteiger partial charge in [0, 0.05) is 11.4 Å². The van der Waals surface area contributed by atoms with Crippen LogP contribution in [0.2, 0.25) is 5.82 Å². The van der Waals surface area contributed by atoms with Gasteiger partial charge in [-0.05, 0) is 73.6 Å². The highest BCUT2D eigenvalue weighted by Gasteiger charge is 2.29. The maximum Gasteiger partial charge on any atom is 0.105 e.